The maximum absolute atomic E-state index is 13.0. The smallest absolute Gasteiger partial charge is 0.317 e. The topological polar surface area (TPSA) is 12.0 Å². The molecule has 1 aromatic heterocycles. The number of alkyl halides is 3. The molecule has 0 aliphatic rings. The van der Waals surface area contributed by atoms with E-state index in [1.807, 2.05) is 19.4 Å². The minimum atomic E-state index is -4.29. The van der Waals surface area contributed by atoms with Gasteiger partial charge in [0.2, 0.25) is 0 Å². The minimum absolute atomic E-state index is 0.157. The summed E-state index contributed by atoms with van der Waals surface area (Å²) < 4.78 is 39.6. The Hall–Kier alpha value is -1.07. The van der Waals surface area contributed by atoms with Crippen LogP contribution in [0.1, 0.15) is 18.1 Å². The monoisotopic (exact) mass is 273 g/mol. The number of rotatable bonds is 3. The zero-order valence-electron chi connectivity index (χ0n) is 10.1. The summed E-state index contributed by atoms with van der Waals surface area (Å²) >= 11 is 1.37. The molecule has 5 heteroatoms. The normalized spacial score (nSPS) is 14.1. The molecule has 0 radical (unpaired) electrons. The molecular weight excluding hydrogens is 259 g/mol. The molecule has 1 aromatic carbocycles. The number of nitrogens with one attached hydrogen (secondary N) is 1. The molecule has 1 heterocycles. The van der Waals surface area contributed by atoms with Gasteiger partial charge in [0, 0.05) is 16.1 Å². The second-order valence-electron chi connectivity index (χ2n) is 4.33. The molecule has 0 saturated heterocycles. The van der Waals surface area contributed by atoms with Crippen LogP contribution in [0.25, 0.3) is 10.1 Å². The van der Waals surface area contributed by atoms with E-state index in [2.05, 4.69) is 5.32 Å². The van der Waals surface area contributed by atoms with Crippen LogP contribution in [0.2, 0.25) is 0 Å². The van der Waals surface area contributed by atoms with Crippen molar-refractivity contribution in [1.29, 1.82) is 0 Å². The van der Waals surface area contributed by atoms with Crippen LogP contribution in [0.15, 0.2) is 23.6 Å². The maximum Gasteiger partial charge on any atom is 0.417 e. The van der Waals surface area contributed by atoms with Crippen molar-refractivity contribution in [3.8, 4) is 0 Å². The van der Waals surface area contributed by atoms with Crippen LogP contribution in [0.4, 0.5) is 13.2 Å². The number of halogens is 3. The Balaban J connectivity index is 2.55. The van der Waals surface area contributed by atoms with E-state index >= 15 is 0 Å². The molecule has 0 aliphatic carbocycles. The third-order valence-corrected chi connectivity index (χ3v) is 4.00. The van der Waals surface area contributed by atoms with E-state index in [1.54, 1.807) is 6.07 Å². The fourth-order valence-electron chi connectivity index (χ4n) is 1.97. The number of thiophene rings is 1. The number of hydrogen-bond acceptors (Lipinski definition) is 2. The van der Waals surface area contributed by atoms with E-state index in [0.29, 0.717) is 16.5 Å². The zero-order chi connectivity index (χ0) is 13.3. The van der Waals surface area contributed by atoms with Crippen LogP contribution in [0.3, 0.4) is 0 Å². The Kier molecular flexibility index (Phi) is 3.64. The molecule has 0 spiro atoms. The second-order valence-corrected chi connectivity index (χ2v) is 5.24. The van der Waals surface area contributed by atoms with Crippen molar-refractivity contribution in [1.82, 2.24) is 5.32 Å². The molecular formula is C13H14F3NS. The third kappa shape index (κ3) is 2.52. The number of likely N-dealkylation sites (N-methyl/N-ethyl adjacent to an activating group) is 1. The predicted molar refractivity (Wildman–Crippen MR) is 69.1 cm³/mol. The standard InChI is InChI=1S/C13H14F3NS/c1-8(17-2)6-9-7-18-11-5-3-4-10(12(9)11)13(14,15)16/h3-5,7-8,17H,6H2,1-2H3. The summed E-state index contributed by atoms with van der Waals surface area (Å²) in [6, 6.07) is 4.52. The van der Waals surface area contributed by atoms with Crippen molar-refractivity contribution in [2.24, 2.45) is 0 Å². The van der Waals surface area contributed by atoms with Gasteiger partial charge in [-0.3, -0.25) is 0 Å². The lowest BCUT2D eigenvalue weighted by molar-refractivity contribution is -0.136. The van der Waals surface area contributed by atoms with Gasteiger partial charge in [0.05, 0.1) is 5.56 Å². The molecule has 2 aromatic rings. The summed E-state index contributed by atoms with van der Waals surface area (Å²) in [4.78, 5) is 0. The van der Waals surface area contributed by atoms with Crippen LogP contribution in [-0.2, 0) is 12.6 Å². The van der Waals surface area contributed by atoms with Gasteiger partial charge in [0.25, 0.3) is 0 Å². The van der Waals surface area contributed by atoms with Gasteiger partial charge in [0.1, 0.15) is 0 Å². The fraction of sp³-hybridized carbons (Fsp3) is 0.385. The summed E-state index contributed by atoms with van der Waals surface area (Å²) in [5.41, 5.74) is 0.240. The molecule has 18 heavy (non-hydrogen) atoms. The predicted octanol–water partition coefficient (Wildman–Crippen LogP) is 4.07. The van der Waals surface area contributed by atoms with Gasteiger partial charge in [-0.1, -0.05) is 6.07 Å². The Labute approximate surface area is 108 Å². The Bertz CT molecular complexity index is 545. The number of fused-ring (bicyclic) bond motifs is 1. The van der Waals surface area contributed by atoms with Crippen LogP contribution >= 0.6 is 11.3 Å². The summed E-state index contributed by atoms with van der Waals surface area (Å²) in [5, 5.41) is 5.24. The van der Waals surface area contributed by atoms with Crippen LogP contribution < -0.4 is 5.32 Å². The fourth-order valence-corrected chi connectivity index (χ4v) is 2.97. The molecule has 0 saturated carbocycles. The highest BCUT2D eigenvalue weighted by Crippen LogP contribution is 2.39. The van der Waals surface area contributed by atoms with Crippen LogP contribution in [-0.4, -0.2) is 13.1 Å². The van der Waals surface area contributed by atoms with E-state index in [4.69, 9.17) is 0 Å². The molecule has 0 amide bonds. The first kappa shape index (κ1) is 13.4. The first-order valence-corrected chi connectivity index (χ1v) is 6.55. The van der Waals surface area contributed by atoms with Crippen LogP contribution in [0.5, 0.6) is 0 Å². The average Bonchev–Trinajstić information content (AvgIpc) is 2.71. The molecule has 98 valence electrons. The lowest BCUT2D eigenvalue weighted by Gasteiger charge is -2.12. The molecule has 1 atom stereocenters. The molecule has 0 fully saturated rings. The summed E-state index contributed by atoms with van der Waals surface area (Å²) in [7, 11) is 1.81. The van der Waals surface area contributed by atoms with E-state index in [-0.39, 0.29) is 6.04 Å². The number of hydrogen-bond donors (Lipinski definition) is 1. The quantitative estimate of drug-likeness (QED) is 0.889. The first-order chi connectivity index (χ1) is 8.43. The molecule has 0 aliphatic heterocycles. The molecule has 2 rings (SSSR count). The van der Waals surface area contributed by atoms with Gasteiger partial charge in [-0.25, -0.2) is 0 Å². The first-order valence-electron chi connectivity index (χ1n) is 5.67. The number of benzene rings is 1. The highest BCUT2D eigenvalue weighted by molar-refractivity contribution is 7.17. The maximum atomic E-state index is 13.0. The van der Waals surface area contributed by atoms with Crippen molar-refractivity contribution in [2.75, 3.05) is 7.05 Å². The summed E-state index contributed by atoms with van der Waals surface area (Å²) in [6.07, 6.45) is -3.69. The van der Waals surface area contributed by atoms with Gasteiger partial charge in [-0.2, -0.15) is 13.2 Å². The molecule has 1 nitrogen and oxygen atoms in total. The van der Waals surface area contributed by atoms with Gasteiger partial charge in [0.15, 0.2) is 0 Å². The van der Waals surface area contributed by atoms with Crippen molar-refractivity contribution < 1.29 is 13.2 Å². The van der Waals surface area contributed by atoms with Crippen molar-refractivity contribution >= 4 is 21.4 Å². The SMILES string of the molecule is CNC(C)Cc1csc2cccc(C(F)(F)F)c12. The summed E-state index contributed by atoms with van der Waals surface area (Å²) in [5.74, 6) is 0. The molecule has 1 N–H and O–H groups in total. The highest BCUT2D eigenvalue weighted by Gasteiger charge is 2.33. The van der Waals surface area contributed by atoms with E-state index in [1.165, 1.54) is 17.4 Å². The minimum Gasteiger partial charge on any atom is -0.317 e. The van der Waals surface area contributed by atoms with Gasteiger partial charge in [-0.15, -0.1) is 11.3 Å². The second kappa shape index (κ2) is 4.90. The van der Waals surface area contributed by atoms with Gasteiger partial charge in [-0.05, 0) is 43.5 Å². The molecule has 0 bridgehead atoms. The zero-order valence-corrected chi connectivity index (χ0v) is 11.0. The van der Waals surface area contributed by atoms with Gasteiger partial charge < -0.3 is 5.32 Å². The lowest BCUT2D eigenvalue weighted by atomic mass is 10.0. The van der Waals surface area contributed by atoms with Crippen molar-refractivity contribution in [3.05, 3.63) is 34.7 Å². The average molecular weight is 273 g/mol. The lowest BCUT2D eigenvalue weighted by Crippen LogP contribution is -2.23. The molecule has 1 unspecified atom stereocenters. The van der Waals surface area contributed by atoms with E-state index in [0.717, 1.165) is 11.6 Å². The third-order valence-electron chi connectivity index (χ3n) is 3.00. The van der Waals surface area contributed by atoms with Crippen molar-refractivity contribution in [2.45, 2.75) is 25.6 Å². The van der Waals surface area contributed by atoms with E-state index < -0.39 is 11.7 Å². The van der Waals surface area contributed by atoms with Crippen LogP contribution in [0, 0.1) is 0 Å². The largest absolute Gasteiger partial charge is 0.417 e. The Morgan fingerprint density at radius 2 is 2.06 bits per heavy atom. The Morgan fingerprint density at radius 3 is 2.67 bits per heavy atom. The highest BCUT2D eigenvalue weighted by atomic mass is 32.1. The van der Waals surface area contributed by atoms with Crippen molar-refractivity contribution in [3.63, 3.8) is 0 Å². The Morgan fingerprint density at radius 1 is 1.33 bits per heavy atom. The summed E-state index contributed by atoms with van der Waals surface area (Å²) in [6.45, 7) is 1.96. The van der Waals surface area contributed by atoms with Gasteiger partial charge >= 0.3 is 6.18 Å². The van der Waals surface area contributed by atoms with E-state index in [9.17, 15) is 13.2 Å².